The number of likely N-dealkylation sites (N-methyl/N-ethyl adjacent to an activating group) is 1. The molecule has 1 heterocycles. The molecule has 1 aliphatic heterocycles. The molecule has 260 valence electrons. The first-order chi connectivity index (χ1) is 21.9. The Bertz CT molecular complexity index is 1140. The number of methoxy groups -OCH3 is 2. The Labute approximate surface area is 274 Å². The van der Waals surface area contributed by atoms with Gasteiger partial charge in [-0.1, -0.05) is 71.4 Å². The highest BCUT2D eigenvalue weighted by atomic mass is 16.5. The zero-order chi connectivity index (χ0) is 34.6. The van der Waals surface area contributed by atoms with Gasteiger partial charge in [0.05, 0.1) is 48.7 Å². The van der Waals surface area contributed by atoms with E-state index in [1.165, 1.54) is 0 Å². The van der Waals surface area contributed by atoms with Gasteiger partial charge in [0, 0.05) is 27.8 Å². The number of likely N-dealkylation sites (tertiary alicyclic amines) is 1. The monoisotopic (exact) mass is 646 g/mol. The molecule has 13 nitrogen and oxygen atoms in total. The molecule has 0 spiro atoms. The average Bonchev–Trinajstić information content (AvgIpc) is 3.54. The van der Waals surface area contributed by atoms with Crippen molar-refractivity contribution >= 4 is 23.6 Å². The number of nitrogens with two attached hydrogens (primary N) is 3. The van der Waals surface area contributed by atoms with E-state index in [2.05, 4.69) is 29.7 Å². The minimum atomic E-state index is -0.650. The van der Waals surface area contributed by atoms with E-state index in [1.807, 2.05) is 44.2 Å². The SMILES string of the molecule is CC[C@H](C)[C@@H]([C@@H](CC(=O)N1CCC[C@H]1[C@H](OC)[C@@H](C)C(=O)N[C@@H](Cc1ccccc1)/C(=N/N)NN)OC)N(C)C(=O)[C@@H](N)C(C)C. The fourth-order valence-electron chi connectivity index (χ4n) is 6.42. The van der Waals surface area contributed by atoms with Crippen molar-refractivity contribution in [1.82, 2.24) is 20.5 Å². The molecular formula is C33H58N8O5. The van der Waals surface area contributed by atoms with Crippen molar-refractivity contribution in [3.8, 4) is 0 Å². The van der Waals surface area contributed by atoms with Crippen molar-refractivity contribution in [2.45, 2.75) is 103 Å². The Morgan fingerprint density at radius 3 is 2.28 bits per heavy atom. The third kappa shape index (κ3) is 9.87. The Kier molecular flexibility index (Phi) is 15.9. The summed E-state index contributed by atoms with van der Waals surface area (Å²) in [5.74, 6) is 10.3. The van der Waals surface area contributed by atoms with Crippen LogP contribution < -0.4 is 28.2 Å². The zero-order valence-electron chi connectivity index (χ0n) is 28.9. The minimum absolute atomic E-state index is 0.0277. The van der Waals surface area contributed by atoms with Gasteiger partial charge in [-0.2, -0.15) is 5.10 Å². The molecule has 1 saturated heterocycles. The van der Waals surface area contributed by atoms with E-state index in [1.54, 1.807) is 38.0 Å². The van der Waals surface area contributed by atoms with Gasteiger partial charge in [0.1, 0.15) is 0 Å². The van der Waals surface area contributed by atoms with Crippen LogP contribution in [0, 0.1) is 17.8 Å². The van der Waals surface area contributed by atoms with Crippen LogP contribution in [0.2, 0.25) is 0 Å². The number of amides is 3. The van der Waals surface area contributed by atoms with E-state index >= 15 is 0 Å². The molecule has 0 aromatic heterocycles. The molecule has 0 unspecified atom stereocenters. The lowest BCUT2D eigenvalue weighted by Gasteiger charge is -2.40. The summed E-state index contributed by atoms with van der Waals surface area (Å²) in [5.41, 5.74) is 9.68. The molecular weight excluding hydrogens is 588 g/mol. The molecule has 13 heteroatoms. The minimum Gasteiger partial charge on any atom is -0.379 e. The van der Waals surface area contributed by atoms with Crippen molar-refractivity contribution in [3.63, 3.8) is 0 Å². The lowest BCUT2D eigenvalue weighted by atomic mass is 9.89. The number of nitrogens with one attached hydrogen (secondary N) is 2. The van der Waals surface area contributed by atoms with Gasteiger partial charge in [-0.05, 0) is 36.7 Å². The number of hydrogen-bond donors (Lipinski definition) is 5. The number of hydrazine groups is 1. The van der Waals surface area contributed by atoms with E-state index in [-0.39, 0.29) is 53.9 Å². The highest BCUT2D eigenvalue weighted by Gasteiger charge is 2.42. The van der Waals surface area contributed by atoms with Crippen LogP contribution in [0.4, 0.5) is 0 Å². The largest absolute Gasteiger partial charge is 0.379 e. The molecule has 1 aromatic carbocycles. The Balaban J connectivity index is 2.24. The predicted molar refractivity (Wildman–Crippen MR) is 180 cm³/mol. The van der Waals surface area contributed by atoms with Crippen molar-refractivity contribution in [3.05, 3.63) is 35.9 Å². The summed E-state index contributed by atoms with van der Waals surface area (Å²) in [6, 6.07) is 7.69. The van der Waals surface area contributed by atoms with E-state index in [0.717, 1.165) is 18.4 Å². The quantitative estimate of drug-likeness (QED) is 0.0720. The number of benzene rings is 1. The molecule has 8 N–H and O–H groups in total. The molecule has 1 aromatic rings. The topological polar surface area (TPSA) is 191 Å². The predicted octanol–water partition coefficient (Wildman–Crippen LogP) is 1.35. The first-order valence-electron chi connectivity index (χ1n) is 16.3. The zero-order valence-corrected chi connectivity index (χ0v) is 28.9. The van der Waals surface area contributed by atoms with E-state index in [9.17, 15) is 14.4 Å². The fraction of sp³-hybridized carbons (Fsp3) is 0.697. The van der Waals surface area contributed by atoms with Gasteiger partial charge < -0.3 is 41.6 Å². The maximum atomic E-state index is 13.9. The number of hydrazone groups is 1. The Morgan fingerprint density at radius 2 is 1.76 bits per heavy atom. The van der Waals surface area contributed by atoms with E-state index in [4.69, 9.17) is 26.9 Å². The summed E-state index contributed by atoms with van der Waals surface area (Å²) in [4.78, 5) is 44.3. The van der Waals surface area contributed by atoms with Crippen LogP contribution >= 0.6 is 0 Å². The van der Waals surface area contributed by atoms with Crippen LogP contribution in [0.15, 0.2) is 35.4 Å². The second-order valence-electron chi connectivity index (χ2n) is 12.8. The lowest BCUT2D eigenvalue weighted by molar-refractivity contribution is -0.146. The highest BCUT2D eigenvalue weighted by Crippen LogP contribution is 2.29. The summed E-state index contributed by atoms with van der Waals surface area (Å²) in [5, 5.41) is 6.76. The summed E-state index contributed by atoms with van der Waals surface area (Å²) in [6.07, 6.45) is 1.62. The number of rotatable bonds is 17. The molecule has 46 heavy (non-hydrogen) atoms. The number of ether oxygens (including phenoxy) is 2. The highest BCUT2D eigenvalue weighted by molar-refractivity contribution is 5.92. The van der Waals surface area contributed by atoms with Crippen molar-refractivity contribution in [1.29, 1.82) is 0 Å². The molecule has 8 atom stereocenters. The summed E-state index contributed by atoms with van der Waals surface area (Å²) in [6.45, 7) is 10.3. The molecule has 0 radical (unpaired) electrons. The second kappa shape index (κ2) is 18.8. The average molecular weight is 647 g/mol. The van der Waals surface area contributed by atoms with Gasteiger partial charge in [0.2, 0.25) is 17.7 Å². The van der Waals surface area contributed by atoms with Gasteiger partial charge in [-0.3, -0.25) is 14.4 Å². The van der Waals surface area contributed by atoms with Crippen molar-refractivity contribution in [2.75, 3.05) is 27.8 Å². The van der Waals surface area contributed by atoms with Crippen LogP contribution in [-0.4, -0.2) is 97.5 Å². The normalized spacial score (nSPS) is 19.9. The van der Waals surface area contributed by atoms with Crippen LogP contribution in [0.1, 0.15) is 65.9 Å². The summed E-state index contributed by atoms with van der Waals surface area (Å²) in [7, 11) is 4.87. The van der Waals surface area contributed by atoms with Gasteiger partial charge in [0.15, 0.2) is 5.84 Å². The first-order valence-corrected chi connectivity index (χ1v) is 16.3. The number of hydrogen-bond acceptors (Lipinski definition) is 9. The molecule has 0 saturated carbocycles. The molecule has 0 aliphatic carbocycles. The summed E-state index contributed by atoms with van der Waals surface area (Å²) < 4.78 is 11.8. The Morgan fingerprint density at radius 1 is 1.11 bits per heavy atom. The van der Waals surface area contributed by atoms with Crippen LogP contribution in [-0.2, 0) is 30.3 Å². The maximum absolute atomic E-state index is 13.9. The standard InChI is InChI=1S/C33H58N8O5/c1-9-21(4)29(40(6)33(44)28(34)20(2)3)26(45-7)19-27(42)41-17-13-16-25(41)30(46-8)22(5)32(43)37-24(31(38-35)39-36)18-23-14-11-10-12-15-23/h10-12,14-15,20-22,24-26,28-30H,9,13,16-19,34-36H2,1-8H3,(H,37,43)(H,38,39)/t21-,22+,24-,25-,26+,28-,29-,30+/m0/s1. The van der Waals surface area contributed by atoms with Gasteiger partial charge in [-0.25, -0.2) is 5.84 Å². The maximum Gasteiger partial charge on any atom is 0.239 e. The fourth-order valence-corrected chi connectivity index (χ4v) is 6.42. The molecule has 1 aliphatic rings. The number of amidine groups is 1. The van der Waals surface area contributed by atoms with Crippen molar-refractivity contribution < 1.29 is 23.9 Å². The molecule has 2 rings (SSSR count). The van der Waals surface area contributed by atoms with Crippen LogP contribution in [0.25, 0.3) is 0 Å². The molecule has 0 bridgehead atoms. The van der Waals surface area contributed by atoms with Gasteiger partial charge >= 0.3 is 0 Å². The smallest absolute Gasteiger partial charge is 0.239 e. The van der Waals surface area contributed by atoms with Gasteiger partial charge in [-0.15, -0.1) is 0 Å². The van der Waals surface area contributed by atoms with Crippen molar-refractivity contribution in [2.24, 2.45) is 40.3 Å². The molecule has 3 amide bonds. The third-order valence-corrected chi connectivity index (χ3v) is 9.48. The van der Waals surface area contributed by atoms with Crippen LogP contribution in [0.3, 0.4) is 0 Å². The third-order valence-electron chi connectivity index (χ3n) is 9.48. The van der Waals surface area contributed by atoms with E-state index in [0.29, 0.717) is 19.4 Å². The molecule has 1 fully saturated rings. The Hall–Kier alpha value is -3.26. The number of carbonyl (C=O) groups excluding carboxylic acids is 3. The summed E-state index contributed by atoms with van der Waals surface area (Å²) >= 11 is 0. The second-order valence-corrected chi connectivity index (χ2v) is 12.8. The first kappa shape index (κ1) is 38.9. The van der Waals surface area contributed by atoms with E-state index < -0.39 is 30.2 Å². The van der Waals surface area contributed by atoms with Gasteiger partial charge in [0.25, 0.3) is 0 Å². The van der Waals surface area contributed by atoms with Crippen LogP contribution in [0.5, 0.6) is 0 Å². The number of nitrogens with zero attached hydrogens (tertiary/aromatic N) is 3. The lowest BCUT2D eigenvalue weighted by Crippen LogP contribution is -2.56. The number of carbonyl (C=O) groups is 3.